The van der Waals surface area contributed by atoms with Crippen molar-refractivity contribution < 1.29 is 9.84 Å². The van der Waals surface area contributed by atoms with Gasteiger partial charge in [-0.05, 0) is 18.4 Å². The Hall–Kier alpha value is -0.910. The van der Waals surface area contributed by atoms with Crippen molar-refractivity contribution in [2.24, 2.45) is 7.05 Å². The van der Waals surface area contributed by atoms with Crippen molar-refractivity contribution in [2.45, 2.75) is 43.7 Å². The maximum atomic E-state index is 10.9. The van der Waals surface area contributed by atoms with Crippen molar-refractivity contribution >= 4 is 0 Å². The fraction of sp³-hybridized carbons (Fsp3) is 0.800. The minimum absolute atomic E-state index is 0.0420. The second-order valence-corrected chi connectivity index (χ2v) is 6.15. The zero-order valence-corrected chi connectivity index (χ0v) is 12.3. The van der Waals surface area contributed by atoms with Gasteiger partial charge in [0.15, 0.2) is 0 Å². The highest BCUT2D eigenvalue weighted by molar-refractivity contribution is 5.10. The molecule has 1 aliphatic heterocycles. The minimum atomic E-state index is -0.313. The molecule has 5 nitrogen and oxygen atoms in total. The molecule has 1 aromatic heterocycles. The van der Waals surface area contributed by atoms with Crippen LogP contribution >= 0.6 is 0 Å². The number of aliphatic hydroxyl groups is 1. The first-order valence-corrected chi connectivity index (χ1v) is 7.69. The van der Waals surface area contributed by atoms with Crippen LogP contribution in [0.1, 0.15) is 31.2 Å². The molecular formula is C15H25N3O2. The molecule has 0 bridgehead atoms. The number of morpholine rings is 1. The van der Waals surface area contributed by atoms with Crippen LogP contribution in [0.4, 0.5) is 0 Å². The normalized spacial score (nSPS) is 24.9. The second kappa shape index (κ2) is 5.84. The van der Waals surface area contributed by atoms with E-state index in [0.29, 0.717) is 6.42 Å². The van der Waals surface area contributed by atoms with Gasteiger partial charge in [-0.3, -0.25) is 9.58 Å². The van der Waals surface area contributed by atoms with Crippen LogP contribution in [0.2, 0.25) is 0 Å². The summed E-state index contributed by atoms with van der Waals surface area (Å²) in [4.78, 5) is 2.48. The van der Waals surface area contributed by atoms with E-state index >= 15 is 0 Å². The van der Waals surface area contributed by atoms with Crippen LogP contribution in [-0.4, -0.2) is 57.7 Å². The fourth-order valence-corrected chi connectivity index (χ4v) is 3.85. The third-order valence-corrected chi connectivity index (χ3v) is 4.92. The minimum Gasteiger partial charge on any atom is -0.391 e. The Kier molecular flexibility index (Phi) is 4.10. The van der Waals surface area contributed by atoms with E-state index in [-0.39, 0.29) is 11.6 Å². The number of aryl methyl sites for hydroxylation is 1. The van der Waals surface area contributed by atoms with E-state index < -0.39 is 0 Å². The summed E-state index contributed by atoms with van der Waals surface area (Å²) in [5.74, 6) is 0. The molecule has 2 heterocycles. The van der Waals surface area contributed by atoms with Crippen LogP contribution in [0.5, 0.6) is 0 Å². The number of aromatic nitrogens is 2. The molecule has 20 heavy (non-hydrogen) atoms. The number of rotatable bonds is 4. The Balaban J connectivity index is 1.75. The standard InChI is InChI=1S/C15H25N3O2/c1-17-12-13(11-16-17)10-14(19)15(4-2-3-5-15)18-6-8-20-9-7-18/h11-12,14,19H,2-10H2,1H3. The van der Waals surface area contributed by atoms with Gasteiger partial charge in [0.1, 0.15) is 0 Å². The van der Waals surface area contributed by atoms with E-state index in [4.69, 9.17) is 4.74 Å². The van der Waals surface area contributed by atoms with Gasteiger partial charge in [-0.1, -0.05) is 12.8 Å². The molecule has 1 atom stereocenters. The van der Waals surface area contributed by atoms with Gasteiger partial charge in [0.25, 0.3) is 0 Å². The maximum Gasteiger partial charge on any atom is 0.0765 e. The lowest BCUT2D eigenvalue weighted by Gasteiger charge is -2.46. The van der Waals surface area contributed by atoms with Crippen molar-refractivity contribution in [2.75, 3.05) is 26.3 Å². The second-order valence-electron chi connectivity index (χ2n) is 6.15. The zero-order chi connectivity index (χ0) is 14.0. The highest BCUT2D eigenvalue weighted by Gasteiger charge is 2.45. The Morgan fingerprint density at radius 3 is 2.65 bits per heavy atom. The monoisotopic (exact) mass is 279 g/mol. The van der Waals surface area contributed by atoms with Crippen LogP contribution in [0.3, 0.4) is 0 Å². The first-order valence-electron chi connectivity index (χ1n) is 7.69. The Morgan fingerprint density at radius 1 is 1.35 bits per heavy atom. The van der Waals surface area contributed by atoms with Crippen molar-refractivity contribution in [3.63, 3.8) is 0 Å². The van der Waals surface area contributed by atoms with E-state index in [1.807, 2.05) is 19.4 Å². The van der Waals surface area contributed by atoms with Crippen molar-refractivity contribution in [3.05, 3.63) is 18.0 Å². The molecule has 1 aromatic rings. The molecule has 0 amide bonds. The van der Waals surface area contributed by atoms with E-state index in [2.05, 4.69) is 10.00 Å². The zero-order valence-electron chi connectivity index (χ0n) is 12.3. The predicted molar refractivity (Wildman–Crippen MR) is 76.5 cm³/mol. The molecule has 112 valence electrons. The molecule has 0 radical (unpaired) electrons. The number of nitrogens with zero attached hydrogens (tertiary/aromatic N) is 3. The summed E-state index contributed by atoms with van der Waals surface area (Å²) in [5, 5.41) is 15.1. The third kappa shape index (κ3) is 2.62. The van der Waals surface area contributed by atoms with Gasteiger partial charge >= 0.3 is 0 Å². The topological polar surface area (TPSA) is 50.5 Å². The summed E-state index contributed by atoms with van der Waals surface area (Å²) >= 11 is 0. The molecule has 1 saturated heterocycles. The van der Waals surface area contributed by atoms with Crippen molar-refractivity contribution in [1.29, 1.82) is 0 Å². The Morgan fingerprint density at radius 2 is 2.05 bits per heavy atom. The average molecular weight is 279 g/mol. The SMILES string of the molecule is Cn1cc(CC(O)C2(N3CCOCC3)CCCC2)cn1. The van der Waals surface area contributed by atoms with Crippen LogP contribution in [0.15, 0.2) is 12.4 Å². The third-order valence-electron chi connectivity index (χ3n) is 4.92. The molecule has 2 fully saturated rings. The quantitative estimate of drug-likeness (QED) is 0.892. The molecule has 3 rings (SSSR count). The summed E-state index contributed by atoms with van der Waals surface area (Å²) in [5.41, 5.74) is 1.08. The number of hydrogen-bond acceptors (Lipinski definition) is 4. The smallest absolute Gasteiger partial charge is 0.0765 e. The highest BCUT2D eigenvalue weighted by Crippen LogP contribution is 2.39. The maximum absolute atomic E-state index is 10.9. The Labute approximate surface area is 120 Å². The molecule has 1 unspecified atom stereocenters. The summed E-state index contributed by atoms with van der Waals surface area (Å²) in [6.07, 6.45) is 8.92. The van der Waals surface area contributed by atoms with Gasteiger partial charge in [0.05, 0.1) is 25.5 Å². The Bertz CT molecular complexity index is 434. The van der Waals surface area contributed by atoms with Gasteiger partial charge in [0.2, 0.25) is 0 Å². The van der Waals surface area contributed by atoms with Gasteiger partial charge in [-0.25, -0.2) is 0 Å². The first-order chi connectivity index (χ1) is 9.71. The summed E-state index contributed by atoms with van der Waals surface area (Å²) in [7, 11) is 1.92. The number of hydrogen-bond donors (Lipinski definition) is 1. The summed E-state index contributed by atoms with van der Waals surface area (Å²) in [6, 6.07) is 0. The molecular weight excluding hydrogens is 254 g/mol. The van der Waals surface area contributed by atoms with Gasteiger partial charge < -0.3 is 9.84 Å². The van der Waals surface area contributed by atoms with Crippen LogP contribution in [0.25, 0.3) is 0 Å². The molecule has 0 aromatic carbocycles. The summed E-state index contributed by atoms with van der Waals surface area (Å²) in [6.45, 7) is 3.48. The fourth-order valence-electron chi connectivity index (χ4n) is 3.85. The van der Waals surface area contributed by atoms with E-state index in [1.54, 1.807) is 4.68 Å². The van der Waals surface area contributed by atoms with Gasteiger partial charge in [0, 0.05) is 38.3 Å². The highest BCUT2D eigenvalue weighted by atomic mass is 16.5. The van der Waals surface area contributed by atoms with Gasteiger partial charge in [-0.2, -0.15) is 5.10 Å². The predicted octanol–water partition coefficient (Wildman–Crippen LogP) is 0.968. The lowest BCUT2D eigenvalue weighted by Crippen LogP contribution is -2.59. The van der Waals surface area contributed by atoms with Crippen LogP contribution in [-0.2, 0) is 18.2 Å². The van der Waals surface area contributed by atoms with Crippen molar-refractivity contribution in [3.8, 4) is 0 Å². The van der Waals surface area contributed by atoms with Crippen LogP contribution < -0.4 is 0 Å². The van der Waals surface area contributed by atoms with Crippen molar-refractivity contribution in [1.82, 2.24) is 14.7 Å². The molecule has 1 saturated carbocycles. The van der Waals surface area contributed by atoms with E-state index in [9.17, 15) is 5.11 Å². The lowest BCUT2D eigenvalue weighted by atomic mass is 9.84. The van der Waals surface area contributed by atoms with E-state index in [0.717, 1.165) is 44.7 Å². The molecule has 1 aliphatic carbocycles. The first kappa shape index (κ1) is 14.0. The number of aliphatic hydroxyl groups excluding tert-OH is 1. The molecule has 5 heteroatoms. The number of ether oxygens (including phenoxy) is 1. The average Bonchev–Trinajstić information content (AvgIpc) is 3.10. The largest absolute Gasteiger partial charge is 0.391 e. The lowest BCUT2D eigenvalue weighted by molar-refractivity contribution is -0.0753. The van der Waals surface area contributed by atoms with E-state index in [1.165, 1.54) is 12.8 Å². The molecule has 0 spiro atoms. The van der Waals surface area contributed by atoms with Gasteiger partial charge in [-0.15, -0.1) is 0 Å². The van der Waals surface area contributed by atoms with Crippen LogP contribution in [0, 0.1) is 0 Å². The molecule has 1 N–H and O–H groups in total. The molecule has 2 aliphatic rings. The summed E-state index contributed by atoms with van der Waals surface area (Å²) < 4.78 is 7.27.